The van der Waals surface area contributed by atoms with Crippen molar-refractivity contribution in [1.82, 2.24) is 9.59 Å². The summed E-state index contributed by atoms with van der Waals surface area (Å²) in [5.41, 5.74) is 1.75. The summed E-state index contributed by atoms with van der Waals surface area (Å²) >= 11 is 1.35. The molecule has 2 aromatic carbocycles. The van der Waals surface area contributed by atoms with Gasteiger partial charge in [-0.05, 0) is 23.2 Å². The molecule has 0 N–H and O–H groups in total. The number of hydrogen-bond acceptors (Lipinski definition) is 4. The average Bonchev–Trinajstić information content (AvgIpc) is 3.14. The van der Waals surface area contributed by atoms with Gasteiger partial charge in [0.05, 0.1) is 6.20 Å². The van der Waals surface area contributed by atoms with Crippen LogP contribution in [0.15, 0.2) is 78.3 Å². The second-order valence-corrected chi connectivity index (χ2v) is 4.71. The van der Waals surface area contributed by atoms with Gasteiger partial charge < -0.3 is 0 Å². The van der Waals surface area contributed by atoms with Crippen molar-refractivity contribution in [3.63, 3.8) is 0 Å². The summed E-state index contributed by atoms with van der Waals surface area (Å²) < 4.78 is 3.51. The molecule has 0 saturated heterocycles. The van der Waals surface area contributed by atoms with E-state index in [1.807, 2.05) is 72.1 Å². The number of rotatable bonds is 3. The molecule has 0 bridgehead atoms. The molecule has 104 valence electrons. The largest absolute Gasteiger partial charge is 0.289 e. The third kappa shape index (κ3) is 5.50. The van der Waals surface area contributed by atoms with Gasteiger partial charge >= 0.3 is 0 Å². The van der Waals surface area contributed by atoms with Crippen molar-refractivity contribution in [2.24, 2.45) is 0 Å². The first kappa shape index (κ1) is 14.8. The molecule has 0 aliphatic heterocycles. The standard InChI is InChI=1S/C15H12O.C2H2N2S/c16-15(14-9-5-2-6-10-14)12-11-13-7-3-1-4-8-13;1-2-5-4-3-1/h1-12H;1-2H. The highest BCUT2D eigenvalue weighted by molar-refractivity contribution is 7.03. The quantitative estimate of drug-likeness (QED) is 0.539. The maximum Gasteiger partial charge on any atom is 0.185 e. The van der Waals surface area contributed by atoms with Crippen LogP contribution in [0.25, 0.3) is 6.08 Å². The Kier molecular flexibility index (Phi) is 6.03. The van der Waals surface area contributed by atoms with E-state index in [2.05, 4.69) is 9.59 Å². The Bertz CT molecular complexity index is 647. The molecular formula is C17H14N2OS. The van der Waals surface area contributed by atoms with Crippen LogP contribution in [-0.4, -0.2) is 15.4 Å². The molecule has 0 saturated carbocycles. The minimum Gasteiger partial charge on any atom is -0.289 e. The summed E-state index contributed by atoms with van der Waals surface area (Å²) in [7, 11) is 0. The van der Waals surface area contributed by atoms with Gasteiger partial charge in [0, 0.05) is 10.9 Å². The fraction of sp³-hybridized carbons (Fsp3) is 0. The van der Waals surface area contributed by atoms with Gasteiger partial charge in [-0.2, -0.15) is 0 Å². The first-order valence-corrected chi connectivity index (χ1v) is 7.23. The molecule has 0 fully saturated rings. The van der Waals surface area contributed by atoms with Crippen LogP contribution >= 0.6 is 11.5 Å². The van der Waals surface area contributed by atoms with Gasteiger partial charge in [-0.1, -0.05) is 71.2 Å². The lowest BCUT2D eigenvalue weighted by atomic mass is 10.1. The van der Waals surface area contributed by atoms with Crippen molar-refractivity contribution in [1.29, 1.82) is 0 Å². The highest BCUT2D eigenvalue weighted by Crippen LogP contribution is 2.05. The van der Waals surface area contributed by atoms with E-state index < -0.39 is 0 Å². The smallest absolute Gasteiger partial charge is 0.185 e. The third-order valence-electron chi connectivity index (χ3n) is 2.57. The fourth-order valence-electron chi connectivity index (χ4n) is 1.57. The van der Waals surface area contributed by atoms with Crippen molar-refractivity contribution >= 4 is 23.4 Å². The zero-order valence-corrected chi connectivity index (χ0v) is 12.1. The molecule has 1 heterocycles. The Morgan fingerprint density at radius 2 is 1.62 bits per heavy atom. The van der Waals surface area contributed by atoms with E-state index in [0.29, 0.717) is 0 Å². The molecule has 3 aromatic rings. The van der Waals surface area contributed by atoms with E-state index in [4.69, 9.17) is 0 Å². The lowest BCUT2D eigenvalue weighted by Gasteiger charge is -1.94. The fourth-order valence-corrected chi connectivity index (χ4v) is 1.84. The summed E-state index contributed by atoms with van der Waals surface area (Å²) in [5.74, 6) is 0.0319. The van der Waals surface area contributed by atoms with Crippen LogP contribution in [0.4, 0.5) is 0 Å². The minimum absolute atomic E-state index is 0.0319. The van der Waals surface area contributed by atoms with E-state index in [1.165, 1.54) is 11.5 Å². The summed E-state index contributed by atoms with van der Waals surface area (Å²) in [5, 5.41) is 5.31. The normalized spacial score (nSPS) is 9.90. The van der Waals surface area contributed by atoms with Crippen molar-refractivity contribution < 1.29 is 4.79 Å². The van der Waals surface area contributed by atoms with Crippen molar-refractivity contribution in [2.45, 2.75) is 0 Å². The van der Waals surface area contributed by atoms with Gasteiger partial charge in [-0.3, -0.25) is 4.79 Å². The maximum absolute atomic E-state index is 11.7. The molecule has 21 heavy (non-hydrogen) atoms. The lowest BCUT2D eigenvalue weighted by molar-refractivity contribution is 0.104. The summed E-state index contributed by atoms with van der Waals surface area (Å²) in [6, 6.07) is 19.1. The van der Waals surface area contributed by atoms with Gasteiger partial charge in [0.15, 0.2) is 5.78 Å². The first-order chi connectivity index (χ1) is 10.4. The maximum atomic E-state index is 11.7. The summed E-state index contributed by atoms with van der Waals surface area (Å²) in [4.78, 5) is 11.7. The van der Waals surface area contributed by atoms with Crippen LogP contribution in [-0.2, 0) is 0 Å². The Morgan fingerprint density at radius 3 is 2.14 bits per heavy atom. The number of aromatic nitrogens is 2. The zero-order chi connectivity index (χ0) is 14.8. The van der Waals surface area contributed by atoms with Crippen LogP contribution in [0.3, 0.4) is 0 Å². The third-order valence-corrected chi connectivity index (χ3v) is 3.00. The monoisotopic (exact) mass is 294 g/mol. The molecule has 4 heteroatoms. The predicted molar refractivity (Wildman–Crippen MR) is 86.2 cm³/mol. The molecular weight excluding hydrogens is 280 g/mol. The number of benzene rings is 2. The van der Waals surface area contributed by atoms with Gasteiger partial charge in [0.1, 0.15) is 0 Å². The van der Waals surface area contributed by atoms with Crippen LogP contribution in [0.2, 0.25) is 0 Å². The van der Waals surface area contributed by atoms with Crippen molar-refractivity contribution in [2.75, 3.05) is 0 Å². The highest BCUT2D eigenvalue weighted by atomic mass is 32.1. The Labute approximate surface area is 127 Å². The molecule has 0 aliphatic carbocycles. The topological polar surface area (TPSA) is 42.9 Å². The van der Waals surface area contributed by atoms with Crippen LogP contribution in [0, 0.1) is 0 Å². The molecule has 0 aliphatic rings. The zero-order valence-electron chi connectivity index (χ0n) is 11.3. The molecule has 0 spiro atoms. The second-order valence-electron chi connectivity index (χ2n) is 4.06. The summed E-state index contributed by atoms with van der Waals surface area (Å²) in [6.45, 7) is 0. The molecule has 0 amide bonds. The number of hydrogen-bond donors (Lipinski definition) is 0. The van der Waals surface area contributed by atoms with Crippen LogP contribution in [0.5, 0.6) is 0 Å². The van der Waals surface area contributed by atoms with Gasteiger partial charge in [-0.15, -0.1) is 5.10 Å². The van der Waals surface area contributed by atoms with E-state index in [-0.39, 0.29) is 5.78 Å². The molecule has 3 nitrogen and oxygen atoms in total. The number of nitrogens with zero attached hydrogens (tertiary/aromatic N) is 2. The summed E-state index contributed by atoms with van der Waals surface area (Å²) in [6.07, 6.45) is 5.09. The Hall–Kier alpha value is -2.59. The van der Waals surface area contributed by atoms with E-state index in [1.54, 1.807) is 12.3 Å². The number of carbonyl (C=O) groups is 1. The van der Waals surface area contributed by atoms with Gasteiger partial charge in [0.2, 0.25) is 0 Å². The molecule has 0 atom stereocenters. The second kappa shape index (κ2) is 8.55. The van der Waals surface area contributed by atoms with Crippen LogP contribution in [0.1, 0.15) is 15.9 Å². The Balaban J connectivity index is 0.000000272. The minimum atomic E-state index is 0.0319. The van der Waals surface area contributed by atoms with E-state index in [9.17, 15) is 4.79 Å². The van der Waals surface area contributed by atoms with Gasteiger partial charge in [0.25, 0.3) is 0 Å². The highest BCUT2D eigenvalue weighted by Gasteiger charge is 1.98. The predicted octanol–water partition coefficient (Wildman–Crippen LogP) is 4.12. The number of ketones is 1. The molecule has 3 rings (SSSR count). The molecule has 0 unspecified atom stereocenters. The van der Waals surface area contributed by atoms with Crippen molar-refractivity contribution in [3.05, 3.63) is 89.4 Å². The first-order valence-electron chi connectivity index (χ1n) is 6.40. The molecule has 1 aromatic heterocycles. The number of carbonyl (C=O) groups excluding carboxylic acids is 1. The van der Waals surface area contributed by atoms with Gasteiger partial charge in [-0.25, -0.2) is 0 Å². The molecule has 0 radical (unpaired) electrons. The van der Waals surface area contributed by atoms with Crippen molar-refractivity contribution in [3.8, 4) is 0 Å². The SMILES string of the molecule is O=C(C=Cc1ccccc1)c1ccccc1.c1csnn1. The Morgan fingerprint density at radius 1 is 0.952 bits per heavy atom. The van der Waals surface area contributed by atoms with E-state index >= 15 is 0 Å². The lowest BCUT2D eigenvalue weighted by Crippen LogP contribution is -1.92. The number of allylic oxidation sites excluding steroid dienone is 1. The average molecular weight is 294 g/mol. The van der Waals surface area contributed by atoms with Crippen LogP contribution < -0.4 is 0 Å². The van der Waals surface area contributed by atoms with E-state index in [0.717, 1.165) is 11.1 Å².